The lowest BCUT2D eigenvalue weighted by atomic mass is 9.45. The van der Waals surface area contributed by atoms with Gasteiger partial charge in [-0.1, -0.05) is 13.8 Å². The SMILES string of the molecule is CC1CC2C(CCC3(C)C2CCC3(O)C(=O)CO)C2(C)C(O)=CC(=O)C=C12. The second kappa shape index (κ2) is 5.77. The van der Waals surface area contributed by atoms with Crippen LogP contribution in [0.3, 0.4) is 0 Å². The second-order valence-corrected chi connectivity index (χ2v) is 9.68. The maximum absolute atomic E-state index is 12.4. The summed E-state index contributed by atoms with van der Waals surface area (Å²) in [7, 11) is 0. The fourth-order valence-corrected chi connectivity index (χ4v) is 7.31. The van der Waals surface area contributed by atoms with Crippen molar-refractivity contribution in [2.24, 2.45) is 34.5 Å². The predicted molar refractivity (Wildman–Crippen MR) is 99.8 cm³/mol. The number of carbonyl (C=O) groups is 2. The Morgan fingerprint density at radius 2 is 1.85 bits per heavy atom. The highest BCUT2D eigenvalue weighted by Crippen LogP contribution is 2.68. The van der Waals surface area contributed by atoms with Gasteiger partial charge in [0.25, 0.3) is 0 Å². The van der Waals surface area contributed by atoms with Crippen LogP contribution >= 0.6 is 0 Å². The van der Waals surface area contributed by atoms with E-state index in [1.165, 1.54) is 6.08 Å². The molecule has 0 amide bonds. The third-order valence-electron chi connectivity index (χ3n) is 8.80. The maximum atomic E-state index is 12.4. The van der Waals surface area contributed by atoms with E-state index in [1.807, 2.05) is 13.8 Å². The Kier molecular flexibility index (Phi) is 4.04. The molecule has 0 spiro atoms. The van der Waals surface area contributed by atoms with Crippen LogP contribution in [-0.2, 0) is 9.59 Å². The Labute approximate surface area is 160 Å². The van der Waals surface area contributed by atoms with Gasteiger partial charge in [-0.2, -0.15) is 0 Å². The van der Waals surface area contributed by atoms with E-state index in [-0.39, 0.29) is 35.2 Å². The molecule has 27 heavy (non-hydrogen) atoms. The van der Waals surface area contributed by atoms with Gasteiger partial charge in [-0.15, -0.1) is 0 Å². The molecule has 3 fully saturated rings. The van der Waals surface area contributed by atoms with Crippen molar-refractivity contribution in [3.8, 4) is 0 Å². The number of hydrogen-bond acceptors (Lipinski definition) is 5. The number of carbonyl (C=O) groups excluding carboxylic acids is 2. The molecule has 0 bridgehead atoms. The number of allylic oxidation sites excluding steroid dienone is 3. The average molecular weight is 374 g/mol. The van der Waals surface area contributed by atoms with Crippen LogP contribution in [0.4, 0.5) is 0 Å². The van der Waals surface area contributed by atoms with E-state index < -0.39 is 28.8 Å². The molecule has 4 rings (SSSR count). The molecule has 0 aromatic heterocycles. The molecule has 4 aliphatic rings. The summed E-state index contributed by atoms with van der Waals surface area (Å²) in [5, 5.41) is 31.4. The fourth-order valence-electron chi connectivity index (χ4n) is 7.31. The molecule has 0 radical (unpaired) electrons. The van der Waals surface area contributed by atoms with E-state index in [2.05, 4.69) is 6.92 Å². The molecule has 7 unspecified atom stereocenters. The standard InChI is InChI=1S/C22H30O5/c1-12-8-14-15-5-7-22(27,19(26)11-23)20(15,2)6-4-16(14)21(3)17(12)9-13(24)10-18(21)25/h9-10,12,14-16,23,25,27H,4-8,11H2,1-3H3. The summed E-state index contributed by atoms with van der Waals surface area (Å²) in [5.41, 5.74) is -1.52. The van der Waals surface area contributed by atoms with Gasteiger partial charge in [-0.3, -0.25) is 9.59 Å². The zero-order valence-electron chi connectivity index (χ0n) is 16.4. The van der Waals surface area contributed by atoms with Gasteiger partial charge in [0.05, 0.1) is 0 Å². The zero-order valence-corrected chi connectivity index (χ0v) is 16.4. The normalized spacial score (nSPS) is 48.9. The van der Waals surface area contributed by atoms with Crippen LogP contribution in [0.2, 0.25) is 0 Å². The fraction of sp³-hybridized carbons (Fsp3) is 0.727. The van der Waals surface area contributed by atoms with Crippen molar-refractivity contribution < 1.29 is 24.9 Å². The molecule has 0 aromatic rings. The zero-order chi connectivity index (χ0) is 19.8. The largest absolute Gasteiger partial charge is 0.511 e. The van der Waals surface area contributed by atoms with Crippen LogP contribution in [-0.4, -0.2) is 39.1 Å². The quantitative estimate of drug-likeness (QED) is 0.691. The summed E-state index contributed by atoms with van der Waals surface area (Å²) >= 11 is 0. The molecule has 5 nitrogen and oxygen atoms in total. The van der Waals surface area contributed by atoms with Gasteiger partial charge < -0.3 is 15.3 Å². The minimum Gasteiger partial charge on any atom is -0.511 e. The molecule has 3 saturated carbocycles. The van der Waals surface area contributed by atoms with E-state index in [9.17, 15) is 24.9 Å². The van der Waals surface area contributed by atoms with Gasteiger partial charge in [0.2, 0.25) is 0 Å². The number of hydrogen-bond donors (Lipinski definition) is 3. The Morgan fingerprint density at radius 1 is 1.19 bits per heavy atom. The van der Waals surface area contributed by atoms with Gasteiger partial charge in [-0.05, 0) is 74.3 Å². The molecular formula is C22H30O5. The molecule has 0 saturated heterocycles. The number of fused-ring (bicyclic) bond motifs is 5. The van der Waals surface area contributed by atoms with Gasteiger partial charge >= 0.3 is 0 Å². The molecule has 0 heterocycles. The lowest BCUT2D eigenvalue weighted by Crippen LogP contribution is -2.59. The predicted octanol–water partition coefficient (Wildman–Crippen LogP) is 2.72. The van der Waals surface area contributed by atoms with Crippen LogP contribution in [0.1, 0.15) is 52.9 Å². The van der Waals surface area contributed by atoms with Crippen molar-refractivity contribution >= 4 is 11.6 Å². The van der Waals surface area contributed by atoms with Crippen molar-refractivity contribution in [3.63, 3.8) is 0 Å². The monoisotopic (exact) mass is 374 g/mol. The first-order chi connectivity index (χ1) is 12.6. The number of rotatable bonds is 2. The van der Waals surface area contributed by atoms with Gasteiger partial charge in [-0.25, -0.2) is 0 Å². The van der Waals surface area contributed by atoms with Gasteiger partial charge in [0, 0.05) is 16.9 Å². The summed E-state index contributed by atoms with van der Waals surface area (Å²) in [6.45, 7) is 5.54. The summed E-state index contributed by atoms with van der Waals surface area (Å²) in [6, 6.07) is 0. The van der Waals surface area contributed by atoms with E-state index in [0.717, 1.165) is 24.8 Å². The first-order valence-electron chi connectivity index (χ1n) is 10.1. The third kappa shape index (κ3) is 2.18. The van der Waals surface area contributed by atoms with E-state index in [0.29, 0.717) is 12.8 Å². The van der Waals surface area contributed by atoms with Crippen molar-refractivity contribution in [2.75, 3.05) is 6.61 Å². The van der Waals surface area contributed by atoms with Crippen LogP contribution in [0.15, 0.2) is 23.5 Å². The van der Waals surface area contributed by atoms with Gasteiger partial charge in [0.15, 0.2) is 11.6 Å². The lowest BCUT2D eigenvalue weighted by molar-refractivity contribution is -0.165. The summed E-state index contributed by atoms with van der Waals surface area (Å²) in [6.07, 6.45) is 6.57. The smallest absolute Gasteiger partial charge is 0.190 e. The molecule has 148 valence electrons. The summed E-state index contributed by atoms with van der Waals surface area (Å²) in [5.74, 6) is 0.347. The molecule has 7 atom stereocenters. The molecule has 4 aliphatic carbocycles. The van der Waals surface area contributed by atoms with Crippen LogP contribution < -0.4 is 0 Å². The van der Waals surface area contributed by atoms with Crippen molar-refractivity contribution in [2.45, 2.75) is 58.5 Å². The highest BCUT2D eigenvalue weighted by Gasteiger charge is 2.67. The molecule has 5 heteroatoms. The van der Waals surface area contributed by atoms with Crippen LogP contribution in [0, 0.1) is 34.5 Å². The first-order valence-corrected chi connectivity index (χ1v) is 10.1. The van der Waals surface area contributed by atoms with E-state index in [4.69, 9.17) is 0 Å². The topological polar surface area (TPSA) is 94.8 Å². The van der Waals surface area contributed by atoms with Crippen molar-refractivity contribution in [1.82, 2.24) is 0 Å². The highest BCUT2D eigenvalue weighted by atomic mass is 16.3. The third-order valence-corrected chi connectivity index (χ3v) is 8.80. The number of Topliss-reactive ketones (excluding diaryl/α,β-unsaturated/α-hetero) is 1. The molecule has 0 aliphatic heterocycles. The lowest BCUT2D eigenvalue weighted by Gasteiger charge is -2.59. The number of aliphatic hydroxyl groups excluding tert-OH is 2. The molecule has 0 aromatic carbocycles. The van der Waals surface area contributed by atoms with E-state index in [1.54, 1.807) is 6.08 Å². The van der Waals surface area contributed by atoms with Crippen LogP contribution in [0.5, 0.6) is 0 Å². The Balaban J connectivity index is 1.76. The van der Waals surface area contributed by atoms with Crippen LogP contribution in [0.25, 0.3) is 0 Å². The average Bonchev–Trinajstić information content (AvgIpc) is 2.89. The summed E-state index contributed by atoms with van der Waals surface area (Å²) < 4.78 is 0. The number of aliphatic hydroxyl groups is 3. The Morgan fingerprint density at radius 3 is 2.52 bits per heavy atom. The molecule has 3 N–H and O–H groups in total. The highest BCUT2D eigenvalue weighted by molar-refractivity contribution is 6.01. The first kappa shape index (κ1) is 18.9. The maximum Gasteiger partial charge on any atom is 0.190 e. The molecular weight excluding hydrogens is 344 g/mol. The Bertz CT molecular complexity index is 767. The minimum atomic E-state index is -1.46. The Hall–Kier alpha value is -1.46. The second-order valence-electron chi connectivity index (χ2n) is 9.68. The van der Waals surface area contributed by atoms with E-state index >= 15 is 0 Å². The van der Waals surface area contributed by atoms with Crippen molar-refractivity contribution in [1.29, 1.82) is 0 Å². The van der Waals surface area contributed by atoms with Crippen molar-refractivity contribution in [3.05, 3.63) is 23.5 Å². The minimum absolute atomic E-state index is 0.144. The van der Waals surface area contributed by atoms with Gasteiger partial charge in [0.1, 0.15) is 18.0 Å². The number of ketones is 2. The summed E-state index contributed by atoms with van der Waals surface area (Å²) in [4.78, 5) is 24.4.